The van der Waals surface area contributed by atoms with Crippen LogP contribution in [0.3, 0.4) is 0 Å². The summed E-state index contributed by atoms with van der Waals surface area (Å²) >= 11 is 0. The molecule has 0 saturated carbocycles. The number of carbonyl (C=O) groups is 4. The second kappa shape index (κ2) is 69.1. The smallest absolute Gasteiger partial charge is 0.462 e. The molecule has 0 heterocycles. The van der Waals surface area contributed by atoms with Gasteiger partial charge in [-0.3, -0.25) is 37.3 Å². The van der Waals surface area contributed by atoms with Gasteiger partial charge in [0.2, 0.25) is 0 Å². The molecule has 5 unspecified atom stereocenters. The summed E-state index contributed by atoms with van der Waals surface area (Å²) in [4.78, 5) is 72.9. The molecule has 0 aromatic carbocycles. The molecule has 0 bridgehead atoms. The summed E-state index contributed by atoms with van der Waals surface area (Å²) < 4.78 is 68.6. The maximum absolute atomic E-state index is 13.1. The van der Waals surface area contributed by atoms with Crippen molar-refractivity contribution in [2.24, 2.45) is 23.7 Å². The van der Waals surface area contributed by atoms with Gasteiger partial charge in [-0.25, -0.2) is 9.13 Å². The van der Waals surface area contributed by atoms with Crippen LogP contribution in [-0.4, -0.2) is 96.7 Å². The Kier molecular flexibility index (Phi) is 67.8. The molecule has 588 valence electrons. The Hall–Kier alpha value is -1.94. The predicted molar refractivity (Wildman–Crippen MR) is 404 cm³/mol. The van der Waals surface area contributed by atoms with Gasteiger partial charge >= 0.3 is 39.5 Å². The van der Waals surface area contributed by atoms with Crippen LogP contribution < -0.4 is 0 Å². The fourth-order valence-electron chi connectivity index (χ4n) is 12.2. The topological polar surface area (TPSA) is 237 Å². The van der Waals surface area contributed by atoms with Gasteiger partial charge in [-0.1, -0.05) is 357 Å². The van der Waals surface area contributed by atoms with Crippen molar-refractivity contribution in [2.45, 2.75) is 427 Å². The highest BCUT2D eigenvalue weighted by Gasteiger charge is 2.30. The maximum atomic E-state index is 13.1. The zero-order valence-electron chi connectivity index (χ0n) is 65.1. The van der Waals surface area contributed by atoms with E-state index in [9.17, 15) is 43.2 Å². The first-order chi connectivity index (χ1) is 47.7. The lowest BCUT2D eigenvalue weighted by Crippen LogP contribution is -2.30. The molecule has 0 aliphatic heterocycles. The van der Waals surface area contributed by atoms with Gasteiger partial charge in [0.25, 0.3) is 0 Å². The van der Waals surface area contributed by atoms with Crippen LogP contribution in [0.4, 0.5) is 0 Å². The van der Waals surface area contributed by atoms with Gasteiger partial charge in [0.05, 0.1) is 26.4 Å². The molecule has 0 radical (unpaired) electrons. The Morgan fingerprint density at radius 1 is 0.283 bits per heavy atom. The van der Waals surface area contributed by atoms with Crippen molar-refractivity contribution in [3.63, 3.8) is 0 Å². The number of hydrogen-bond acceptors (Lipinski definition) is 15. The van der Waals surface area contributed by atoms with Crippen LogP contribution >= 0.6 is 15.6 Å². The molecule has 0 aromatic heterocycles. The Balaban J connectivity index is 5.19. The van der Waals surface area contributed by atoms with Crippen LogP contribution in [0.2, 0.25) is 0 Å². The number of ether oxygens (including phenoxy) is 4. The normalized spacial score (nSPS) is 14.9. The van der Waals surface area contributed by atoms with Crippen LogP contribution in [0.5, 0.6) is 0 Å². The third-order valence-corrected chi connectivity index (χ3v) is 21.6. The van der Waals surface area contributed by atoms with Crippen molar-refractivity contribution in [1.29, 1.82) is 0 Å². The second-order valence-electron chi connectivity index (χ2n) is 30.0. The molecule has 0 aromatic rings. The molecule has 0 saturated heterocycles. The van der Waals surface area contributed by atoms with Crippen LogP contribution in [0, 0.1) is 23.7 Å². The molecule has 0 fully saturated rings. The monoisotopic (exact) mass is 1450 g/mol. The number of hydrogen-bond donors (Lipinski definition) is 3. The fraction of sp³-hybridized carbons (Fsp3) is 0.950. The van der Waals surface area contributed by atoms with Gasteiger partial charge in [0.15, 0.2) is 12.2 Å². The summed E-state index contributed by atoms with van der Waals surface area (Å²) in [5.74, 6) is 1.03. The lowest BCUT2D eigenvalue weighted by atomic mass is 9.99. The van der Waals surface area contributed by atoms with E-state index in [-0.39, 0.29) is 25.7 Å². The van der Waals surface area contributed by atoms with Crippen molar-refractivity contribution in [2.75, 3.05) is 39.6 Å². The fourth-order valence-corrected chi connectivity index (χ4v) is 13.7. The van der Waals surface area contributed by atoms with Gasteiger partial charge in [0.1, 0.15) is 19.3 Å². The minimum absolute atomic E-state index is 0.105. The Morgan fingerprint density at radius 2 is 0.485 bits per heavy atom. The van der Waals surface area contributed by atoms with Crippen LogP contribution in [-0.2, 0) is 65.4 Å². The van der Waals surface area contributed by atoms with Crippen LogP contribution in [0.25, 0.3) is 0 Å². The average molecular weight is 1450 g/mol. The number of phosphoric acid groups is 2. The Labute approximate surface area is 607 Å². The van der Waals surface area contributed by atoms with E-state index < -0.39 is 97.5 Å². The first-order valence-electron chi connectivity index (χ1n) is 41.3. The molecule has 99 heavy (non-hydrogen) atoms. The SMILES string of the molecule is CCC(C)CCCCCCCCCCCCCCCCCCCCC(=O)O[C@H](COC(=O)CCCCCCCCC(C)CC)COP(=O)(O)OC[C@H](O)COP(=O)(O)OC[C@@H](COC(=O)CCCCCCCCCCCCCCC(C)C)OC(=O)CCCCCCCCCCC(C)CC. The Bertz CT molecular complexity index is 1940. The number of unbranched alkanes of at least 4 members (excludes halogenated alkanes) is 40. The van der Waals surface area contributed by atoms with Crippen molar-refractivity contribution in [1.82, 2.24) is 0 Å². The summed E-state index contributed by atoms with van der Waals surface area (Å²) in [6.45, 7) is 14.3. The first-order valence-corrected chi connectivity index (χ1v) is 44.3. The molecule has 0 amide bonds. The van der Waals surface area contributed by atoms with E-state index in [0.29, 0.717) is 25.7 Å². The van der Waals surface area contributed by atoms with Crippen LogP contribution in [0.1, 0.15) is 409 Å². The zero-order chi connectivity index (χ0) is 73.1. The predicted octanol–water partition coefficient (Wildman–Crippen LogP) is 23.6. The van der Waals surface area contributed by atoms with Crippen LogP contribution in [0.15, 0.2) is 0 Å². The molecule has 8 atom stereocenters. The third-order valence-electron chi connectivity index (χ3n) is 19.7. The highest BCUT2D eigenvalue weighted by Crippen LogP contribution is 2.45. The molecule has 3 N–H and O–H groups in total. The van der Waals surface area contributed by atoms with Gasteiger partial charge < -0.3 is 33.8 Å². The number of aliphatic hydroxyl groups is 1. The molecule has 17 nitrogen and oxygen atoms in total. The number of carbonyl (C=O) groups excluding carboxylic acids is 4. The lowest BCUT2D eigenvalue weighted by molar-refractivity contribution is -0.161. The minimum atomic E-state index is -4.96. The quantitative estimate of drug-likeness (QED) is 0.0222. The lowest BCUT2D eigenvalue weighted by Gasteiger charge is -2.21. The summed E-state index contributed by atoms with van der Waals surface area (Å²) in [5, 5.41) is 10.6. The standard InChI is InChI=1S/C80H156O17P2/c1-9-71(6)57-49-41-33-27-23-18-16-14-12-13-15-17-19-25-29-36-46-54-62-79(84)96-76(67-91-78(83)61-53-45-39-38-43-51-59-73(8)11-3)69-95-99(88,89)93-65-74(81)64-92-98(86,87)94-68-75(97-80(85)63-55-47-37-31-30-34-42-50-58-72(7)10-2)66-90-77(82)60-52-44-35-28-24-21-20-22-26-32-40-48-56-70(4)5/h70-76,81H,9-69H2,1-8H3,(H,86,87)(H,88,89)/t71?,72?,73?,74-,75-,76-/m1/s1. The van der Waals surface area contributed by atoms with Crippen molar-refractivity contribution in [3.8, 4) is 0 Å². The van der Waals surface area contributed by atoms with Gasteiger partial charge in [-0.05, 0) is 49.4 Å². The molecule has 0 rings (SSSR count). The largest absolute Gasteiger partial charge is 0.472 e. The minimum Gasteiger partial charge on any atom is -0.462 e. The molecule has 0 aliphatic carbocycles. The summed E-state index contributed by atoms with van der Waals surface area (Å²) in [6.07, 6.45) is 55.5. The number of phosphoric ester groups is 2. The van der Waals surface area contributed by atoms with Crippen molar-refractivity contribution in [3.05, 3.63) is 0 Å². The summed E-state index contributed by atoms with van der Waals surface area (Å²) in [7, 11) is -9.92. The van der Waals surface area contributed by atoms with Gasteiger partial charge in [-0.15, -0.1) is 0 Å². The van der Waals surface area contributed by atoms with Crippen molar-refractivity contribution >= 4 is 39.5 Å². The third kappa shape index (κ3) is 70.2. The number of aliphatic hydroxyl groups excluding tert-OH is 1. The summed E-state index contributed by atoms with van der Waals surface area (Å²) in [6, 6.07) is 0. The first kappa shape index (κ1) is 97.1. The zero-order valence-corrected chi connectivity index (χ0v) is 66.9. The number of rotatable bonds is 77. The van der Waals surface area contributed by atoms with Gasteiger partial charge in [0, 0.05) is 25.7 Å². The Morgan fingerprint density at radius 3 is 0.717 bits per heavy atom. The maximum Gasteiger partial charge on any atom is 0.472 e. The molecular weight excluding hydrogens is 1290 g/mol. The highest BCUT2D eigenvalue weighted by atomic mass is 31.2. The summed E-state index contributed by atoms with van der Waals surface area (Å²) in [5.41, 5.74) is 0. The molecular formula is C80H156O17P2. The van der Waals surface area contributed by atoms with E-state index in [0.717, 1.165) is 120 Å². The molecule has 19 heteroatoms. The molecule has 0 spiro atoms. The van der Waals surface area contributed by atoms with Crippen molar-refractivity contribution < 1.29 is 80.2 Å². The van der Waals surface area contributed by atoms with E-state index in [1.165, 1.54) is 205 Å². The van der Waals surface area contributed by atoms with E-state index in [2.05, 4.69) is 55.4 Å². The number of esters is 4. The average Bonchev–Trinajstić information content (AvgIpc) is 3.84. The van der Waals surface area contributed by atoms with Gasteiger partial charge in [-0.2, -0.15) is 0 Å². The van der Waals surface area contributed by atoms with E-state index >= 15 is 0 Å². The van der Waals surface area contributed by atoms with E-state index in [1.54, 1.807) is 0 Å². The highest BCUT2D eigenvalue weighted by molar-refractivity contribution is 7.47. The molecule has 0 aliphatic rings. The van der Waals surface area contributed by atoms with E-state index in [4.69, 9.17) is 37.0 Å². The second-order valence-corrected chi connectivity index (χ2v) is 32.9. The van der Waals surface area contributed by atoms with E-state index in [1.807, 2.05) is 0 Å².